The number of carboxylic acids is 1. The van der Waals surface area contributed by atoms with Crippen LogP contribution >= 0.6 is 0 Å². The van der Waals surface area contributed by atoms with Crippen LogP contribution in [0.3, 0.4) is 0 Å². The van der Waals surface area contributed by atoms with E-state index in [0.29, 0.717) is 16.7 Å². The van der Waals surface area contributed by atoms with Crippen molar-refractivity contribution >= 4 is 17.7 Å². The Morgan fingerprint density at radius 2 is 1.81 bits per heavy atom. The van der Waals surface area contributed by atoms with E-state index in [2.05, 4.69) is 5.32 Å². The molecule has 0 fully saturated rings. The van der Waals surface area contributed by atoms with E-state index >= 15 is 0 Å². The molecule has 2 N–H and O–H groups in total. The number of benzene rings is 2. The molecule has 8 nitrogen and oxygen atoms in total. The minimum absolute atomic E-state index is 0.112. The molecule has 0 aliphatic heterocycles. The fourth-order valence-corrected chi connectivity index (χ4v) is 2.48. The molecule has 2 aromatic rings. The summed E-state index contributed by atoms with van der Waals surface area (Å²) in [7, 11) is 0. The van der Waals surface area contributed by atoms with E-state index in [-0.39, 0.29) is 17.8 Å². The summed E-state index contributed by atoms with van der Waals surface area (Å²) in [5.41, 5.74) is 0.406. The highest BCUT2D eigenvalue weighted by Gasteiger charge is 2.20. The minimum atomic E-state index is -1.27. The number of nitro groups is 1. The van der Waals surface area contributed by atoms with Gasteiger partial charge in [-0.3, -0.25) is 10.1 Å². The highest BCUT2D eigenvalue weighted by atomic mass is 16.6. The Bertz CT molecular complexity index is 886. The van der Waals surface area contributed by atoms with Crippen LogP contribution in [0.4, 0.5) is 10.5 Å². The molecule has 142 valence electrons. The normalized spacial score (nSPS) is 10.9. The van der Waals surface area contributed by atoms with E-state index in [1.165, 1.54) is 12.1 Å². The number of carbonyl (C=O) groups is 2. The van der Waals surface area contributed by atoms with E-state index in [0.717, 1.165) is 6.07 Å². The number of carbonyl (C=O) groups excluding carboxylic acids is 1. The second-order valence-corrected chi connectivity index (χ2v) is 6.80. The van der Waals surface area contributed by atoms with Crippen molar-refractivity contribution in [2.45, 2.75) is 32.9 Å². The molecule has 0 bridgehead atoms. The van der Waals surface area contributed by atoms with Crippen molar-refractivity contribution in [1.29, 1.82) is 0 Å². The van der Waals surface area contributed by atoms with Gasteiger partial charge in [0, 0.05) is 18.7 Å². The average Bonchev–Trinajstić information content (AvgIpc) is 2.58. The molecular formula is C19H20N2O6. The summed E-state index contributed by atoms with van der Waals surface area (Å²) in [6.07, 6.45) is -0.598. The third-order valence-corrected chi connectivity index (χ3v) is 3.57. The number of nitrogens with one attached hydrogen (secondary N) is 1. The number of ether oxygens (including phenoxy) is 1. The number of hydrogen-bond donors (Lipinski definition) is 2. The van der Waals surface area contributed by atoms with Gasteiger partial charge in [-0.25, -0.2) is 9.59 Å². The monoisotopic (exact) mass is 372 g/mol. The first-order valence-corrected chi connectivity index (χ1v) is 8.15. The van der Waals surface area contributed by atoms with Gasteiger partial charge in [-0.15, -0.1) is 0 Å². The van der Waals surface area contributed by atoms with Crippen LogP contribution in [0.15, 0.2) is 42.5 Å². The van der Waals surface area contributed by atoms with Crippen LogP contribution in [0.2, 0.25) is 0 Å². The van der Waals surface area contributed by atoms with Crippen molar-refractivity contribution in [1.82, 2.24) is 5.32 Å². The van der Waals surface area contributed by atoms with Crippen molar-refractivity contribution in [3.8, 4) is 11.1 Å². The Balaban J connectivity index is 2.36. The third-order valence-electron chi connectivity index (χ3n) is 3.57. The number of hydrogen-bond acceptors (Lipinski definition) is 5. The number of nitrogens with zero attached hydrogens (tertiary/aromatic N) is 1. The van der Waals surface area contributed by atoms with Gasteiger partial charge in [0.15, 0.2) is 0 Å². The first-order valence-electron chi connectivity index (χ1n) is 8.15. The number of carboxylic acid groups (broad SMARTS) is 1. The number of non-ortho nitro benzene ring substituents is 1. The molecule has 0 atom stereocenters. The summed E-state index contributed by atoms with van der Waals surface area (Å²) in [5.74, 6) is -1.27. The lowest BCUT2D eigenvalue weighted by Crippen LogP contribution is -2.32. The van der Waals surface area contributed by atoms with Gasteiger partial charge in [-0.1, -0.05) is 24.3 Å². The van der Waals surface area contributed by atoms with Crippen molar-refractivity contribution < 1.29 is 24.4 Å². The standard InChI is InChI=1S/C19H20N2O6/c1-19(2,3)27-18(24)20-11-12-6-4-5-7-14(12)15-9-8-13(21(25)26)10-16(15)17(22)23/h4-10H,11H2,1-3H3,(H,20,24)(H,22,23). The van der Waals surface area contributed by atoms with Crippen molar-refractivity contribution in [3.05, 3.63) is 63.7 Å². The predicted octanol–water partition coefficient (Wildman–Crippen LogP) is 3.98. The Morgan fingerprint density at radius 3 is 2.41 bits per heavy atom. The lowest BCUT2D eigenvalue weighted by molar-refractivity contribution is -0.384. The van der Waals surface area contributed by atoms with Gasteiger partial charge in [0.2, 0.25) is 0 Å². The molecule has 8 heteroatoms. The number of amides is 1. The van der Waals surface area contributed by atoms with Crippen molar-refractivity contribution in [3.63, 3.8) is 0 Å². The molecule has 27 heavy (non-hydrogen) atoms. The van der Waals surface area contributed by atoms with Crippen LogP contribution in [0.5, 0.6) is 0 Å². The molecule has 1 amide bonds. The maximum atomic E-state index is 11.9. The minimum Gasteiger partial charge on any atom is -0.478 e. The van der Waals surface area contributed by atoms with Crippen LogP contribution < -0.4 is 5.32 Å². The van der Waals surface area contributed by atoms with Gasteiger partial charge in [-0.05, 0) is 43.5 Å². The quantitative estimate of drug-likeness (QED) is 0.605. The highest BCUT2D eigenvalue weighted by molar-refractivity contribution is 5.97. The van der Waals surface area contributed by atoms with E-state index in [9.17, 15) is 24.8 Å². The lowest BCUT2D eigenvalue weighted by atomic mass is 9.95. The van der Waals surface area contributed by atoms with Gasteiger partial charge in [0.25, 0.3) is 5.69 Å². The molecule has 0 saturated carbocycles. The Hall–Kier alpha value is -3.42. The van der Waals surface area contributed by atoms with Crippen LogP contribution in [-0.4, -0.2) is 27.7 Å². The molecule has 0 radical (unpaired) electrons. The molecule has 0 spiro atoms. The van der Waals surface area contributed by atoms with E-state index in [4.69, 9.17) is 4.74 Å². The summed E-state index contributed by atoms with van der Waals surface area (Å²) in [6, 6.07) is 10.6. The first kappa shape index (κ1) is 19.9. The van der Waals surface area contributed by atoms with Crippen LogP contribution in [-0.2, 0) is 11.3 Å². The maximum Gasteiger partial charge on any atom is 0.407 e. The molecule has 0 saturated heterocycles. The SMILES string of the molecule is CC(C)(C)OC(=O)NCc1ccccc1-c1ccc([N+](=O)[O-])cc1C(=O)O. The Labute approximate surface area is 155 Å². The van der Waals surface area contributed by atoms with E-state index < -0.39 is 22.6 Å². The first-order chi connectivity index (χ1) is 12.6. The fourth-order valence-electron chi connectivity index (χ4n) is 2.48. The highest BCUT2D eigenvalue weighted by Crippen LogP contribution is 2.30. The predicted molar refractivity (Wildman–Crippen MR) is 98.6 cm³/mol. The molecular weight excluding hydrogens is 352 g/mol. The van der Waals surface area contributed by atoms with Crippen molar-refractivity contribution in [2.75, 3.05) is 0 Å². The molecule has 0 aliphatic carbocycles. The largest absolute Gasteiger partial charge is 0.478 e. The van der Waals surface area contributed by atoms with E-state index in [1.54, 1.807) is 45.0 Å². The van der Waals surface area contributed by atoms with Gasteiger partial charge >= 0.3 is 12.1 Å². The van der Waals surface area contributed by atoms with E-state index in [1.807, 2.05) is 0 Å². The fraction of sp³-hybridized carbons (Fsp3) is 0.263. The van der Waals surface area contributed by atoms with Gasteiger partial charge < -0.3 is 15.2 Å². The zero-order chi connectivity index (χ0) is 20.2. The topological polar surface area (TPSA) is 119 Å². The van der Waals surface area contributed by atoms with Crippen LogP contribution in [0.1, 0.15) is 36.7 Å². The summed E-state index contributed by atoms with van der Waals surface area (Å²) in [4.78, 5) is 33.8. The van der Waals surface area contributed by atoms with Crippen LogP contribution in [0, 0.1) is 10.1 Å². The van der Waals surface area contributed by atoms with Crippen LogP contribution in [0.25, 0.3) is 11.1 Å². The number of aromatic carboxylic acids is 1. The maximum absolute atomic E-state index is 11.9. The number of nitro benzene ring substituents is 1. The molecule has 2 rings (SSSR count). The zero-order valence-electron chi connectivity index (χ0n) is 15.2. The number of alkyl carbamates (subject to hydrolysis) is 1. The van der Waals surface area contributed by atoms with Gasteiger partial charge in [0.05, 0.1) is 10.5 Å². The second-order valence-electron chi connectivity index (χ2n) is 6.80. The van der Waals surface area contributed by atoms with Gasteiger partial charge in [-0.2, -0.15) is 0 Å². The molecule has 0 heterocycles. The lowest BCUT2D eigenvalue weighted by Gasteiger charge is -2.20. The number of rotatable bonds is 5. The molecule has 0 aliphatic rings. The molecule has 0 unspecified atom stereocenters. The zero-order valence-corrected chi connectivity index (χ0v) is 15.2. The third kappa shape index (κ3) is 5.27. The molecule has 2 aromatic carbocycles. The smallest absolute Gasteiger partial charge is 0.407 e. The van der Waals surface area contributed by atoms with Gasteiger partial charge in [0.1, 0.15) is 5.60 Å². The second kappa shape index (κ2) is 7.86. The average molecular weight is 372 g/mol. The summed E-state index contributed by atoms with van der Waals surface area (Å²) in [6.45, 7) is 5.35. The van der Waals surface area contributed by atoms with Crippen molar-refractivity contribution in [2.24, 2.45) is 0 Å². The Kier molecular flexibility index (Phi) is 5.79. The summed E-state index contributed by atoms with van der Waals surface area (Å²) in [5, 5.41) is 23.0. The summed E-state index contributed by atoms with van der Waals surface area (Å²) >= 11 is 0. The Morgan fingerprint density at radius 1 is 1.15 bits per heavy atom. The molecule has 0 aromatic heterocycles. The summed E-state index contributed by atoms with van der Waals surface area (Å²) < 4.78 is 5.19.